The Morgan fingerprint density at radius 1 is 1.43 bits per heavy atom. The maximum absolute atomic E-state index is 13.1. The van der Waals surface area contributed by atoms with Crippen molar-refractivity contribution in [1.82, 2.24) is 0 Å². The minimum Gasteiger partial charge on any atom is -0.478 e. The third-order valence-corrected chi connectivity index (χ3v) is 1.82. The van der Waals surface area contributed by atoms with E-state index in [9.17, 15) is 18.0 Å². The number of hydrogen-bond acceptors (Lipinski definition) is 1. The summed E-state index contributed by atoms with van der Waals surface area (Å²) in [4.78, 5) is 10.5. The molecule has 0 saturated carbocycles. The van der Waals surface area contributed by atoms with Gasteiger partial charge in [-0.15, -0.1) is 0 Å². The Balaban J connectivity index is 3.45. The van der Waals surface area contributed by atoms with Crippen LogP contribution in [-0.4, -0.2) is 11.1 Å². The minimum atomic E-state index is -3.12. The lowest BCUT2D eigenvalue weighted by atomic mass is 10.0. The van der Waals surface area contributed by atoms with Crippen LogP contribution in [0.4, 0.5) is 13.2 Å². The smallest absolute Gasteiger partial charge is 0.336 e. The van der Waals surface area contributed by atoms with Crippen LogP contribution in [0.5, 0.6) is 0 Å². The van der Waals surface area contributed by atoms with Crippen molar-refractivity contribution in [3.63, 3.8) is 0 Å². The van der Waals surface area contributed by atoms with Gasteiger partial charge in [0.05, 0.1) is 11.1 Å². The first-order valence-electron chi connectivity index (χ1n) is 3.75. The average molecular weight is 204 g/mol. The molecule has 14 heavy (non-hydrogen) atoms. The number of rotatable bonds is 2. The van der Waals surface area contributed by atoms with E-state index in [4.69, 9.17) is 5.11 Å². The fourth-order valence-corrected chi connectivity index (χ4v) is 1.10. The summed E-state index contributed by atoms with van der Waals surface area (Å²) in [6.07, 6.45) is -3.12. The van der Waals surface area contributed by atoms with Gasteiger partial charge in [0.15, 0.2) is 0 Å². The van der Waals surface area contributed by atoms with Gasteiger partial charge in [-0.3, -0.25) is 0 Å². The van der Waals surface area contributed by atoms with Crippen molar-refractivity contribution in [1.29, 1.82) is 0 Å². The van der Waals surface area contributed by atoms with Crippen molar-refractivity contribution in [3.05, 3.63) is 34.6 Å². The highest BCUT2D eigenvalue weighted by molar-refractivity contribution is 5.89. The molecule has 0 atom stereocenters. The predicted molar refractivity (Wildman–Crippen MR) is 43.1 cm³/mol. The van der Waals surface area contributed by atoms with Crippen LogP contribution in [-0.2, 0) is 0 Å². The molecule has 0 aliphatic carbocycles. The number of carboxylic acid groups (broad SMARTS) is 1. The number of alkyl halides is 2. The van der Waals surface area contributed by atoms with Crippen LogP contribution in [0.1, 0.15) is 27.9 Å². The summed E-state index contributed by atoms with van der Waals surface area (Å²) in [6, 6.07) is 2.13. The van der Waals surface area contributed by atoms with Crippen molar-refractivity contribution in [3.8, 4) is 0 Å². The molecular formula is C9H7F3O2. The Bertz CT molecular complexity index is 375. The lowest BCUT2D eigenvalue weighted by Gasteiger charge is -2.07. The van der Waals surface area contributed by atoms with Gasteiger partial charge in [-0.2, -0.15) is 0 Å². The molecule has 0 fully saturated rings. The Morgan fingerprint density at radius 2 is 2.00 bits per heavy atom. The number of hydrogen-bond donors (Lipinski definition) is 1. The van der Waals surface area contributed by atoms with Crippen LogP contribution in [0.25, 0.3) is 0 Å². The standard InChI is InChI=1S/C9H7F3O2/c1-4-2-3-5(9(13)14)6(7(4)10)8(11)12/h2-3,8H,1H3,(H,13,14). The number of benzene rings is 1. The zero-order chi connectivity index (χ0) is 10.9. The Morgan fingerprint density at radius 3 is 2.43 bits per heavy atom. The van der Waals surface area contributed by atoms with Gasteiger partial charge in [-0.05, 0) is 18.6 Å². The summed E-state index contributed by atoms with van der Waals surface area (Å²) in [7, 11) is 0. The molecule has 0 saturated heterocycles. The highest BCUT2D eigenvalue weighted by atomic mass is 19.3. The second-order valence-electron chi connectivity index (χ2n) is 2.76. The number of aromatic carboxylic acids is 1. The van der Waals surface area contributed by atoms with Crippen molar-refractivity contribution in [2.45, 2.75) is 13.3 Å². The molecule has 1 aromatic rings. The first kappa shape index (κ1) is 10.6. The van der Waals surface area contributed by atoms with E-state index in [1.807, 2.05) is 0 Å². The molecule has 5 heteroatoms. The van der Waals surface area contributed by atoms with E-state index in [2.05, 4.69) is 0 Å². The molecule has 0 amide bonds. The molecule has 0 aliphatic heterocycles. The fraction of sp³-hybridized carbons (Fsp3) is 0.222. The largest absolute Gasteiger partial charge is 0.478 e. The molecule has 1 rings (SSSR count). The summed E-state index contributed by atoms with van der Waals surface area (Å²) >= 11 is 0. The normalized spacial score (nSPS) is 10.6. The molecule has 0 spiro atoms. The zero-order valence-corrected chi connectivity index (χ0v) is 7.22. The lowest BCUT2D eigenvalue weighted by molar-refractivity contribution is 0.0682. The van der Waals surface area contributed by atoms with Crippen LogP contribution in [0.15, 0.2) is 12.1 Å². The topological polar surface area (TPSA) is 37.3 Å². The van der Waals surface area contributed by atoms with E-state index in [1.54, 1.807) is 0 Å². The second-order valence-corrected chi connectivity index (χ2v) is 2.76. The fourth-order valence-electron chi connectivity index (χ4n) is 1.10. The Hall–Kier alpha value is -1.52. The summed E-state index contributed by atoms with van der Waals surface area (Å²) < 4.78 is 37.8. The maximum atomic E-state index is 13.1. The van der Waals surface area contributed by atoms with Gasteiger partial charge in [-0.1, -0.05) is 6.07 Å². The molecule has 1 aromatic carbocycles. The van der Waals surface area contributed by atoms with Crippen molar-refractivity contribution in [2.24, 2.45) is 0 Å². The van der Waals surface area contributed by atoms with Crippen LogP contribution in [0.2, 0.25) is 0 Å². The summed E-state index contributed by atoms with van der Waals surface area (Å²) in [5.74, 6) is -2.71. The average Bonchev–Trinajstić information content (AvgIpc) is 2.08. The Kier molecular flexibility index (Phi) is 2.78. The van der Waals surface area contributed by atoms with E-state index < -0.39 is 29.3 Å². The van der Waals surface area contributed by atoms with Crippen LogP contribution in [0.3, 0.4) is 0 Å². The zero-order valence-electron chi connectivity index (χ0n) is 7.22. The third kappa shape index (κ3) is 1.71. The van der Waals surface area contributed by atoms with Crippen LogP contribution in [0, 0.1) is 12.7 Å². The Labute approximate surface area is 78.0 Å². The summed E-state index contributed by atoms with van der Waals surface area (Å²) in [6.45, 7) is 1.30. The highest BCUT2D eigenvalue weighted by Gasteiger charge is 2.23. The molecule has 76 valence electrons. The number of aryl methyl sites for hydroxylation is 1. The van der Waals surface area contributed by atoms with Gasteiger partial charge in [0.2, 0.25) is 0 Å². The molecular weight excluding hydrogens is 197 g/mol. The molecule has 0 aromatic heterocycles. The molecule has 1 N–H and O–H groups in total. The van der Waals surface area contributed by atoms with Crippen molar-refractivity contribution in [2.75, 3.05) is 0 Å². The first-order valence-corrected chi connectivity index (χ1v) is 3.75. The highest BCUT2D eigenvalue weighted by Crippen LogP contribution is 2.27. The molecule has 0 radical (unpaired) electrons. The van der Waals surface area contributed by atoms with Crippen molar-refractivity contribution < 1.29 is 23.1 Å². The van der Waals surface area contributed by atoms with Gasteiger partial charge in [0, 0.05) is 0 Å². The van der Waals surface area contributed by atoms with E-state index in [0.717, 1.165) is 12.1 Å². The molecule has 0 heterocycles. The number of carbonyl (C=O) groups is 1. The monoisotopic (exact) mass is 204 g/mol. The first-order chi connectivity index (χ1) is 6.45. The number of carboxylic acids is 1. The molecule has 2 nitrogen and oxygen atoms in total. The summed E-state index contributed by atoms with van der Waals surface area (Å²) in [5, 5.41) is 8.53. The van der Waals surface area contributed by atoms with Gasteiger partial charge >= 0.3 is 5.97 Å². The maximum Gasteiger partial charge on any atom is 0.336 e. The quantitative estimate of drug-likeness (QED) is 0.804. The van der Waals surface area contributed by atoms with Gasteiger partial charge in [0.25, 0.3) is 6.43 Å². The summed E-state index contributed by atoms with van der Waals surface area (Å²) in [5.41, 5.74) is -1.73. The van der Waals surface area contributed by atoms with Gasteiger partial charge in [0.1, 0.15) is 5.82 Å². The van der Waals surface area contributed by atoms with E-state index in [-0.39, 0.29) is 5.56 Å². The molecule has 0 aliphatic rings. The SMILES string of the molecule is Cc1ccc(C(=O)O)c(C(F)F)c1F. The molecule has 0 unspecified atom stereocenters. The van der Waals surface area contributed by atoms with E-state index in [1.165, 1.54) is 6.92 Å². The third-order valence-electron chi connectivity index (χ3n) is 1.82. The van der Waals surface area contributed by atoms with E-state index >= 15 is 0 Å². The second kappa shape index (κ2) is 3.69. The van der Waals surface area contributed by atoms with Gasteiger partial charge in [-0.25, -0.2) is 18.0 Å². The predicted octanol–water partition coefficient (Wildman–Crippen LogP) is 2.77. The van der Waals surface area contributed by atoms with Crippen LogP contribution >= 0.6 is 0 Å². The van der Waals surface area contributed by atoms with E-state index in [0.29, 0.717) is 0 Å². The van der Waals surface area contributed by atoms with Crippen molar-refractivity contribution >= 4 is 5.97 Å². The molecule has 0 bridgehead atoms. The van der Waals surface area contributed by atoms with Gasteiger partial charge < -0.3 is 5.11 Å². The lowest BCUT2D eigenvalue weighted by Crippen LogP contribution is -2.06. The van der Waals surface area contributed by atoms with Crippen LogP contribution < -0.4 is 0 Å². The number of halogens is 3. The minimum absolute atomic E-state index is 0.00491.